The highest BCUT2D eigenvalue weighted by Crippen LogP contribution is 2.14. The lowest BCUT2D eigenvalue weighted by molar-refractivity contribution is -0.0104. The molecule has 0 saturated heterocycles. The smallest absolute Gasteiger partial charge is 0.104 e. The molecule has 0 amide bonds. The van der Waals surface area contributed by atoms with Gasteiger partial charge in [0.2, 0.25) is 0 Å². The summed E-state index contributed by atoms with van der Waals surface area (Å²) < 4.78 is 10.9. The summed E-state index contributed by atoms with van der Waals surface area (Å²) in [6.45, 7) is 10.4. The van der Waals surface area contributed by atoms with Gasteiger partial charge in [0.15, 0.2) is 0 Å². The van der Waals surface area contributed by atoms with E-state index in [1.165, 1.54) is 0 Å². The fraction of sp³-hybridized carbons (Fsp3) is 0.933. The Labute approximate surface area is 118 Å². The molecule has 0 aromatic rings. The SMILES string of the molecule is CCCNC(C)(C#N)CCCOCCC(C)(C)OC. The second-order valence-corrected chi connectivity index (χ2v) is 5.80. The zero-order chi connectivity index (χ0) is 14.8. The molecule has 1 unspecified atom stereocenters. The fourth-order valence-electron chi connectivity index (χ4n) is 1.63. The van der Waals surface area contributed by atoms with Crippen molar-refractivity contribution in [2.45, 2.75) is 64.5 Å². The van der Waals surface area contributed by atoms with Crippen LogP contribution in [0.3, 0.4) is 0 Å². The summed E-state index contributed by atoms with van der Waals surface area (Å²) in [7, 11) is 1.72. The minimum atomic E-state index is -0.425. The Morgan fingerprint density at radius 2 is 1.84 bits per heavy atom. The maximum atomic E-state index is 9.18. The second-order valence-electron chi connectivity index (χ2n) is 5.80. The maximum Gasteiger partial charge on any atom is 0.104 e. The zero-order valence-electron chi connectivity index (χ0n) is 13.2. The Bertz CT molecular complexity index is 274. The standard InChI is InChI=1S/C15H30N2O2/c1-6-10-17-15(4,13-16)8-7-11-19-12-9-14(2,3)18-5/h17H,6-12H2,1-5H3. The molecule has 0 bridgehead atoms. The van der Waals surface area contributed by atoms with Crippen LogP contribution in [0.5, 0.6) is 0 Å². The van der Waals surface area contributed by atoms with E-state index < -0.39 is 5.54 Å². The quantitative estimate of drug-likeness (QED) is 0.587. The lowest BCUT2D eigenvalue weighted by atomic mass is 9.98. The predicted octanol–water partition coefficient (Wildman–Crippen LogP) is 2.88. The molecule has 0 radical (unpaired) electrons. The molecular formula is C15H30N2O2. The Morgan fingerprint density at radius 3 is 2.37 bits per heavy atom. The predicted molar refractivity (Wildman–Crippen MR) is 78.1 cm³/mol. The molecule has 0 aromatic heterocycles. The molecule has 1 atom stereocenters. The first-order valence-corrected chi connectivity index (χ1v) is 7.18. The number of rotatable bonds is 11. The average Bonchev–Trinajstić information content (AvgIpc) is 2.40. The summed E-state index contributed by atoms with van der Waals surface area (Å²) in [5, 5.41) is 12.5. The van der Waals surface area contributed by atoms with Crippen LogP contribution < -0.4 is 5.32 Å². The highest BCUT2D eigenvalue weighted by atomic mass is 16.5. The molecule has 0 heterocycles. The van der Waals surface area contributed by atoms with E-state index in [2.05, 4.69) is 32.2 Å². The molecule has 112 valence electrons. The fourth-order valence-corrected chi connectivity index (χ4v) is 1.63. The van der Waals surface area contributed by atoms with E-state index in [1.807, 2.05) is 6.92 Å². The summed E-state index contributed by atoms with van der Waals surface area (Å²) in [4.78, 5) is 0. The first-order valence-electron chi connectivity index (χ1n) is 7.18. The maximum absolute atomic E-state index is 9.18. The van der Waals surface area contributed by atoms with Gasteiger partial charge in [-0.1, -0.05) is 6.92 Å². The van der Waals surface area contributed by atoms with Crippen molar-refractivity contribution in [2.24, 2.45) is 0 Å². The van der Waals surface area contributed by atoms with Gasteiger partial charge in [-0.3, -0.25) is 5.32 Å². The number of nitrogens with zero attached hydrogens (tertiary/aromatic N) is 1. The van der Waals surface area contributed by atoms with E-state index in [-0.39, 0.29) is 5.60 Å². The van der Waals surface area contributed by atoms with Crippen LogP contribution in [0.4, 0.5) is 0 Å². The summed E-state index contributed by atoms with van der Waals surface area (Å²) >= 11 is 0. The minimum absolute atomic E-state index is 0.121. The van der Waals surface area contributed by atoms with Crippen LogP contribution in [0.1, 0.15) is 53.4 Å². The Kier molecular flexibility index (Phi) is 8.99. The molecule has 0 aliphatic heterocycles. The third-order valence-electron chi connectivity index (χ3n) is 3.38. The number of hydrogen-bond acceptors (Lipinski definition) is 4. The topological polar surface area (TPSA) is 54.3 Å². The zero-order valence-corrected chi connectivity index (χ0v) is 13.2. The largest absolute Gasteiger partial charge is 0.381 e. The van der Waals surface area contributed by atoms with Crippen molar-refractivity contribution in [3.63, 3.8) is 0 Å². The third kappa shape index (κ3) is 8.99. The molecule has 4 nitrogen and oxygen atoms in total. The number of methoxy groups -OCH3 is 1. The molecule has 0 aliphatic rings. The van der Waals surface area contributed by atoms with Gasteiger partial charge in [-0.2, -0.15) is 5.26 Å². The van der Waals surface area contributed by atoms with E-state index in [0.29, 0.717) is 13.2 Å². The van der Waals surface area contributed by atoms with Gasteiger partial charge in [0.05, 0.1) is 11.7 Å². The van der Waals surface area contributed by atoms with Gasteiger partial charge in [-0.05, 0) is 53.0 Å². The Hall–Kier alpha value is -0.630. The monoisotopic (exact) mass is 270 g/mol. The molecule has 19 heavy (non-hydrogen) atoms. The van der Waals surface area contributed by atoms with Gasteiger partial charge < -0.3 is 9.47 Å². The minimum Gasteiger partial charge on any atom is -0.381 e. The molecule has 0 spiro atoms. The van der Waals surface area contributed by atoms with Crippen molar-refractivity contribution in [1.82, 2.24) is 5.32 Å². The van der Waals surface area contributed by atoms with Crippen LogP contribution in [-0.4, -0.2) is 38.0 Å². The van der Waals surface area contributed by atoms with Crippen LogP contribution in [0, 0.1) is 11.3 Å². The van der Waals surface area contributed by atoms with Crippen molar-refractivity contribution in [1.29, 1.82) is 5.26 Å². The van der Waals surface area contributed by atoms with Crippen molar-refractivity contribution in [3.05, 3.63) is 0 Å². The van der Waals surface area contributed by atoms with Gasteiger partial charge in [0.25, 0.3) is 0 Å². The van der Waals surface area contributed by atoms with Crippen molar-refractivity contribution < 1.29 is 9.47 Å². The van der Waals surface area contributed by atoms with Crippen LogP contribution in [0.2, 0.25) is 0 Å². The lowest BCUT2D eigenvalue weighted by Gasteiger charge is -2.24. The molecule has 0 rings (SSSR count). The summed E-state index contributed by atoms with van der Waals surface area (Å²) in [6.07, 6.45) is 3.64. The van der Waals surface area contributed by atoms with E-state index in [0.717, 1.165) is 32.2 Å². The molecule has 1 N–H and O–H groups in total. The van der Waals surface area contributed by atoms with Gasteiger partial charge in [-0.25, -0.2) is 0 Å². The van der Waals surface area contributed by atoms with E-state index in [4.69, 9.17) is 9.47 Å². The van der Waals surface area contributed by atoms with Crippen molar-refractivity contribution in [3.8, 4) is 6.07 Å². The first kappa shape index (κ1) is 18.4. The van der Waals surface area contributed by atoms with Crippen molar-refractivity contribution in [2.75, 3.05) is 26.9 Å². The Balaban J connectivity index is 3.70. The average molecular weight is 270 g/mol. The Morgan fingerprint density at radius 1 is 1.16 bits per heavy atom. The molecule has 4 heteroatoms. The molecule has 0 aliphatic carbocycles. The third-order valence-corrected chi connectivity index (χ3v) is 3.38. The summed E-state index contributed by atoms with van der Waals surface area (Å²) in [6, 6.07) is 2.35. The summed E-state index contributed by atoms with van der Waals surface area (Å²) in [5.74, 6) is 0. The highest BCUT2D eigenvalue weighted by Gasteiger charge is 2.21. The van der Waals surface area contributed by atoms with Crippen LogP contribution in [-0.2, 0) is 9.47 Å². The number of ether oxygens (including phenoxy) is 2. The van der Waals surface area contributed by atoms with Gasteiger partial charge in [0.1, 0.15) is 5.54 Å². The molecule has 0 fully saturated rings. The number of hydrogen-bond donors (Lipinski definition) is 1. The normalized spacial score (nSPS) is 14.9. The van der Waals surface area contributed by atoms with Gasteiger partial charge in [-0.15, -0.1) is 0 Å². The molecule has 0 saturated carbocycles. The van der Waals surface area contributed by atoms with E-state index in [9.17, 15) is 5.26 Å². The number of nitriles is 1. The highest BCUT2D eigenvalue weighted by molar-refractivity contribution is 5.03. The van der Waals surface area contributed by atoms with Crippen molar-refractivity contribution >= 4 is 0 Å². The van der Waals surface area contributed by atoms with E-state index >= 15 is 0 Å². The van der Waals surface area contributed by atoms with Crippen LogP contribution in [0.25, 0.3) is 0 Å². The lowest BCUT2D eigenvalue weighted by Crippen LogP contribution is -2.41. The second kappa shape index (κ2) is 9.30. The van der Waals surface area contributed by atoms with Gasteiger partial charge >= 0.3 is 0 Å². The van der Waals surface area contributed by atoms with Gasteiger partial charge in [0, 0.05) is 20.3 Å². The van der Waals surface area contributed by atoms with E-state index in [1.54, 1.807) is 7.11 Å². The molecular weight excluding hydrogens is 240 g/mol. The van der Waals surface area contributed by atoms with Crippen LogP contribution >= 0.6 is 0 Å². The molecule has 0 aromatic carbocycles. The summed E-state index contributed by atoms with van der Waals surface area (Å²) in [5.41, 5.74) is -0.547. The first-order chi connectivity index (χ1) is 8.89. The number of nitrogens with one attached hydrogen (secondary N) is 1. The van der Waals surface area contributed by atoms with Crippen LogP contribution in [0.15, 0.2) is 0 Å².